The maximum atomic E-state index is 12.2. The van der Waals surface area contributed by atoms with Gasteiger partial charge in [-0.15, -0.1) is 11.3 Å². The smallest absolute Gasteiger partial charge is 0.335 e. The third-order valence-electron chi connectivity index (χ3n) is 2.65. The van der Waals surface area contributed by atoms with Crippen molar-refractivity contribution in [1.82, 2.24) is 9.55 Å². The molecule has 0 amide bonds. The van der Waals surface area contributed by atoms with Crippen LogP contribution in [-0.4, -0.2) is 22.1 Å². The highest BCUT2D eigenvalue weighted by Crippen LogP contribution is 2.19. The minimum atomic E-state index is -0.489. The zero-order chi connectivity index (χ0) is 14.0. The number of esters is 1. The summed E-state index contributed by atoms with van der Waals surface area (Å²) in [6, 6.07) is 0. The number of carbonyl (C=O) groups is 1. The highest BCUT2D eigenvalue weighted by atomic mass is 32.1. The van der Waals surface area contributed by atoms with Crippen LogP contribution in [0.25, 0.3) is 10.2 Å². The van der Waals surface area contributed by atoms with Gasteiger partial charge in [0.2, 0.25) is 0 Å². The quantitative estimate of drug-likeness (QED) is 0.633. The van der Waals surface area contributed by atoms with E-state index in [0.29, 0.717) is 10.2 Å². The number of ether oxygens (including phenoxy) is 1. The van der Waals surface area contributed by atoms with Gasteiger partial charge < -0.3 is 4.74 Å². The minimum absolute atomic E-state index is 0.0948. The van der Waals surface area contributed by atoms with Gasteiger partial charge in [0.1, 0.15) is 4.70 Å². The number of aryl methyl sites for hydroxylation is 1. The van der Waals surface area contributed by atoms with Crippen molar-refractivity contribution in [2.75, 3.05) is 6.61 Å². The molecule has 6 heteroatoms. The molecule has 0 N–H and O–H groups in total. The number of aromatic nitrogens is 2. The highest BCUT2D eigenvalue weighted by Gasteiger charge is 2.12. The van der Waals surface area contributed by atoms with Crippen LogP contribution < -0.4 is 5.56 Å². The first-order valence-corrected chi connectivity index (χ1v) is 6.70. The lowest BCUT2D eigenvalue weighted by Gasteiger charge is -2.07. The second-order valence-electron chi connectivity index (χ2n) is 4.10. The number of thiophene rings is 1. The first kappa shape index (κ1) is 13.5. The van der Waals surface area contributed by atoms with Gasteiger partial charge in [-0.2, -0.15) is 0 Å². The Labute approximate surface area is 114 Å². The number of fused-ring (bicyclic) bond motifs is 1. The SMILES string of the molecule is C=C(Cn1cnc2c(C)csc2c1=O)C(=O)OCC. The number of nitrogens with zero attached hydrogens (tertiary/aromatic N) is 2. The summed E-state index contributed by atoms with van der Waals surface area (Å²) in [7, 11) is 0. The van der Waals surface area contributed by atoms with Gasteiger partial charge >= 0.3 is 5.97 Å². The molecule has 5 nitrogen and oxygen atoms in total. The Kier molecular flexibility index (Phi) is 3.80. The first-order chi connectivity index (χ1) is 9.04. The van der Waals surface area contributed by atoms with Gasteiger partial charge in [0, 0.05) is 5.57 Å². The molecule has 0 atom stereocenters. The van der Waals surface area contributed by atoms with Gasteiger partial charge in [-0.1, -0.05) is 6.58 Å². The van der Waals surface area contributed by atoms with E-state index >= 15 is 0 Å². The van der Waals surface area contributed by atoms with Crippen LogP contribution in [-0.2, 0) is 16.1 Å². The fourth-order valence-electron chi connectivity index (χ4n) is 1.68. The van der Waals surface area contributed by atoms with Crippen LogP contribution in [0.3, 0.4) is 0 Å². The molecule has 0 spiro atoms. The lowest BCUT2D eigenvalue weighted by molar-refractivity contribution is -0.138. The van der Waals surface area contributed by atoms with Gasteiger partial charge in [0.15, 0.2) is 0 Å². The summed E-state index contributed by atoms with van der Waals surface area (Å²) in [5.41, 5.74) is 1.77. The van der Waals surface area contributed by atoms with E-state index in [4.69, 9.17) is 4.74 Å². The molecule has 19 heavy (non-hydrogen) atoms. The van der Waals surface area contributed by atoms with Crippen molar-refractivity contribution in [3.8, 4) is 0 Å². The fraction of sp³-hybridized carbons (Fsp3) is 0.308. The molecule has 2 aromatic rings. The van der Waals surface area contributed by atoms with Gasteiger partial charge in [-0.25, -0.2) is 9.78 Å². The van der Waals surface area contributed by atoms with E-state index in [1.807, 2.05) is 12.3 Å². The molecular formula is C13H14N2O3S. The maximum Gasteiger partial charge on any atom is 0.335 e. The molecule has 2 aromatic heterocycles. The molecule has 100 valence electrons. The summed E-state index contributed by atoms with van der Waals surface area (Å²) in [6.45, 7) is 7.65. The average molecular weight is 278 g/mol. The minimum Gasteiger partial charge on any atom is -0.463 e. The summed E-state index contributed by atoms with van der Waals surface area (Å²) in [5.74, 6) is -0.489. The van der Waals surface area contributed by atoms with Crippen molar-refractivity contribution in [3.05, 3.63) is 39.8 Å². The van der Waals surface area contributed by atoms with Gasteiger partial charge in [0.25, 0.3) is 5.56 Å². The molecule has 0 fully saturated rings. The topological polar surface area (TPSA) is 61.2 Å². The number of hydrogen-bond donors (Lipinski definition) is 0. The lowest BCUT2D eigenvalue weighted by Crippen LogP contribution is -2.23. The zero-order valence-electron chi connectivity index (χ0n) is 10.8. The Morgan fingerprint density at radius 3 is 3.00 bits per heavy atom. The molecule has 2 heterocycles. The molecule has 0 aliphatic carbocycles. The molecule has 0 aliphatic rings. The van der Waals surface area contributed by atoms with Crippen LogP contribution in [0.1, 0.15) is 12.5 Å². The van der Waals surface area contributed by atoms with Crippen molar-refractivity contribution in [2.24, 2.45) is 0 Å². The molecule has 2 rings (SSSR count). The van der Waals surface area contributed by atoms with Crippen molar-refractivity contribution in [1.29, 1.82) is 0 Å². The number of carbonyl (C=O) groups excluding carboxylic acids is 1. The van der Waals surface area contributed by atoms with E-state index in [2.05, 4.69) is 11.6 Å². The van der Waals surface area contributed by atoms with E-state index < -0.39 is 5.97 Å². The van der Waals surface area contributed by atoms with Gasteiger partial charge in [0.05, 0.1) is 25.0 Å². The summed E-state index contributed by atoms with van der Waals surface area (Å²) >= 11 is 1.36. The third-order valence-corrected chi connectivity index (χ3v) is 3.72. The van der Waals surface area contributed by atoms with Crippen LogP contribution in [0.4, 0.5) is 0 Å². The summed E-state index contributed by atoms with van der Waals surface area (Å²) in [4.78, 5) is 27.9. The van der Waals surface area contributed by atoms with Crippen molar-refractivity contribution < 1.29 is 9.53 Å². The Hall–Kier alpha value is -1.95. The molecule has 0 saturated carbocycles. The highest BCUT2D eigenvalue weighted by molar-refractivity contribution is 7.17. The molecule has 0 aliphatic heterocycles. The number of hydrogen-bond acceptors (Lipinski definition) is 5. The Morgan fingerprint density at radius 1 is 1.58 bits per heavy atom. The normalized spacial score (nSPS) is 10.6. The lowest BCUT2D eigenvalue weighted by atomic mass is 10.3. The van der Waals surface area contributed by atoms with E-state index in [0.717, 1.165) is 5.56 Å². The summed E-state index contributed by atoms with van der Waals surface area (Å²) in [6.07, 6.45) is 1.44. The van der Waals surface area contributed by atoms with Crippen molar-refractivity contribution in [2.45, 2.75) is 20.4 Å². The van der Waals surface area contributed by atoms with E-state index in [1.54, 1.807) is 6.92 Å². The van der Waals surface area contributed by atoms with Crippen LogP contribution in [0.2, 0.25) is 0 Å². The second-order valence-corrected chi connectivity index (χ2v) is 4.98. The summed E-state index contributed by atoms with van der Waals surface area (Å²) < 4.78 is 6.80. The summed E-state index contributed by atoms with van der Waals surface area (Å²) in [5, 5.41) is 1.89. The average Bonchev–Trinajstić information content (AvgIpc) is 2.75. The molecule has 0 radical (unpaired) electrons. The molecule has 0 aromatic carbocycles. The predicted octanol–water partition coefficient (Wildman–Crippen LogP) is 1.89. The second kappa shape index (κ2) is 5.36. The molecule has 0 saturated heterocycles. The molecule has 0 unspecified atom stereocenters. The molecular weight excluding hydrogens is 264 g/mol. The Morgan fingerprint density at radius 2 is 2.32 bits per heavy atom. The fourth-order valence-corrected chi connectivity index (χ4v) is 2.63. The molecule has 0 bridgehead atoms. The van der Waals surface area contributed by atoms with Crippen molar-refractivity contribution in [3.63, 3.8) is 0 Å². The van der Waals surface area contributed by atoms with Crippen LogP contribution in [0.15, 0.2) is 28.7 Å². The third kappa shape index (κ3) is 2.58. The van der Waals surface area contributed by atoms with Crippen LogP contribution in [0.5, 0.6) is 0 Å². The monoisotopic (exact) mass is 278 g/mol. The zero-order valence-corrected chi connectivity index (χ0v) is 11.6. The first-order valence-electron chi connectivity index (χ1n) is 5.82. The van der Waals surface area contributed by atoms with E-state index in [-0.39, 0.29) is 24.3 Å². The van der Waals surface area contributed by atoms with E-state index in [1.165, 1.54) is 22.2 Å². The van der Waals surface area contributed by atoms with Crippen LogP contribution in [0, 0.1) is 6.92 Å². The largest absolute Gasteiger partial charge is 0.463 e. The Bertz CT molecular complexity index is 699. The number of rotatable bonds is 4. The Balaban J connectivity index is 2.32. The van der Waals surface area contributed by atoms with E-state index in [9.17, 15) is 9.59 Å². The van der Waals surface area contributed by atoms with Gasteiger partial charge in [-0.3, -0.25) is 9.36 Å². The maximum absolute atomic E-state index is 12.2. The van der Waals surface area contributed by atoms with Crippen molar-refractivity contribution >= 4 is 27.5 Å². The van der Waals surface area contributed by atoms with Gasteiger partial charge in [-0.05, 0) is 24.8 Å². The standard InChI is InChI=1S/C13H14N2O3S/c1-4-18-13(17)8(2)5-15-7-14-10-9(3)6-19-11(10)12(15)16/h6-7H,2,4-5H2,1,3H3. The van der Waals surface area contributed by atoms with Crippen LogP contribution >= 0.6 is 11.3 Å². The predicted molar refractivity (Wildman–Crippen MR) is 74.4 cm³/mol.